The largest absolute Gasteiger partial charge is 0.497 e. The van der Waals surface area contributed by atoms with E-state index in [1.165, 1.54) is 11.3 Å². The molecule has 0 spiro atoms. The average Bonchev–Trinajstić information content (AvgIpc) is 3.51. The lowest BCUT2D eigenvalue weighted by molar-refractivity contribution is -0.121. The predicted molar refractivity (Wildman–Crippen MR) is 138 cm³/mol. The molecular formula is C24H23N3O5S3. The minimum atomic E-state index is -4.35. The Balaban J connectivity index is 1.54. The summed E-state index contributed by atoms with van der Waals surface area (Å²) in [6.45, 7) is 0. The minimum absolute atomic E-state index is 0.154. The summed E-state index contributed by atoms with van der Waals surface area (Å²) in [6.07, 6.45) is 0.635. The highest BCUT2D eigenvalue weighted by Crippen LogP contribution is 2.31. The van der Waals surface area contributed by atoms with Crippen molar-refractivity contribution in [3.05, 3.63) is 88.2 Å². The van der Waals surface area contributed by atoms with Crippen LogP contribution in [0.25, 0.3) is 9.88 Å². The standard InChI is InChI=1S/C24H23N3O5S3/c1-32-19-5-2-4-17(12-19)14-23(28)25-20(21-15-34-24(26-21)22-6-3-11-33-22)13-16-7-9-18(10-8-16)27-35(29,30)31/h2-12,15,20,27H,13-14H2,1H3,(H,25,28)(H,29,30,31). The number of anilines is 1. The molecule has 4 rings (SSSR count). The molecule has 0 aliphatic rings. The fourth-order valence-corrected chi connectivity index (χ4v) is 5.62. The molecule has 8 nitrogen and oxygen atoms in total. The minimum Gasteiger partial charge on any atom is -0.497 e. The van der Waals surface area contributed by atoms with E-state index in [9.17, 15) is 13.2 Å². The molecule has 0 saturated carbocycles. The van der Waals surface area contributed by atoms with Gasteiger partial charge < -0.3 is 10.1 Å². The number of thiazole rings is 1. The summed E-state index contributed by atoms with van der Waals surface area (Å²) in [5.41, 5.74) is 2.68. The Morgan fingerprint density at radius 1 is 1.09 bits per heavy atom. The van der Waals surface area contributed by atoms with Crippen LogP contribution in [-0.4, -0.2) is 31.0 Å². The number of methoxy groups -OCH3 is 1. The molecule has 4 aromatic rings. The molecule has 0 fully saturated rings. The van der Waals surface area contributed by atoms with Crippen LogP contribution in [0.5, 0.6) is 5.75 Å². The average molecular weight is 530 g/mol. The van der Waals surface area contributed by atoms with Crippen molar-refractivity contribution in [2.75, 3.05) is 11.8 Å². The second kappa shape index (κ2) is 11.0. The van der Waals surface area contributed by atoms with Crippen molar-refractivity contribution in [2.24, 2.45) is 0 Å². The van der Waals surface area contributed by atoms with Gasteiger partial charge in [-0.3, -0.25) is 14.1 Å². The van der Waals surface area contributed by atoms with Crippen LogP contribution in [0.3, 0.4) is 0 Å². The van der Waals surface area contributed by atoms with Gasteiger partial charge in [-0.15, -0.1) is 22.7 Å². The third kappa shape index (κ3) is 7.12. The molecule has 0 radical (unpaired) electrons. The monoisotopic (exact) mass is 529 g/mol. The zero-order valence-electron chi connectivity index (χ0n) is 18.7. The van der Waals surface area contributed by atoms with Gasteiger partial charge in [0.15, 0.2) is 0 Å². The molecule has 1 atom stereocenters. The van der Waals surface area contributed by atoms with Crippen molar-refractivity contribution in [3.63, 3.8) is 0 Å². The Labute approximate surface area is 211 Å². The highest BCUT2D eigenvalue weighted by Gasteiger charge is 2.20. The first-order valence-electron chi connectivity index (χ1n) is 10.5. The molecule has 182 valence electrons. The third-order valence-corrected chi connectivity index (χ3v) is 7.48. The van der Waals surface area contributed by atoms with E-state index in [-0.39, 0.29) is 18.0 Å². The summed E-state index contributed by atoms with van der Waals surface area (Å²) < 4.78 is 38.3. The lowest BCUT2D eigenvalue weighted by atomic mass is 10.0. The van der Waals surface area contributed by atoms with Gasteiger partial charge in [0.25, 0.3) is 0 Å². The van der Waals surface area contributed by atoms with Crippen molar-refractivity contribution >= 4 is 44.6 Å². The van der Waals surface area contributed by atoms with Gasteiger partial charge in [-0.25, -0.2) is 4.98 Å². The Morgan fingerprint density at radius 2 is 1.89 bits per heavy atom. The first kappa shape index (κ1) is 24.9. The van der Waals surface area contributed by atoms with Gasteiger partial charge in [-0.1, -0.05) is 30.3 Å². The molecule has 1 amide bonds. The highest BCUT2D eigenvalue weighted by molar-refractivity contribution is 7.87. The number of ether oxygens (including phenoxy) is 1. The maximum atomic E-state index is 13.0. The maximum Gasteiger partial charge on any atom is 0.357 e. The van der Waals surface area contributed by atoms with Crippen LogP contribution >= 0.6 is 22.7 Å². The topological polar surface area (TPSA) is 118 Å². The molecule has 0 aliphatic carbocycles. The van der Waals surface area contributed by atoms with Gasteiger partial charge in [0.05, 0.1) is 35.8 Å². The summed E-state index contributed by atoms with van der Waals surface area (Å²) in [6, 6.07) is 17.5. The molecule has 2 heterocycles. The van der Waals surface area contributed by atoms with Crippen LogP contribution in [0.15, 0.2) is 71.4 Å². The summed E-state index contributed by atoms with van der Waals surface area (Å²) in [5.74, 6) is 0.532. The molecule has 2 aromatic carbocycles. The predicted octanol–water partition coefficient (Wildman–Crippen LogP) is 4.74. The molecule has 0 saturated heterocycles. The van der Waals surface area contributed by atoms with Crippen molar-refractivity contribution in [1.82, 2.24) is 10.3 Å². The van der Waals surface area contributed by atoms with Crippen molar-refractivity contribution in [2.45, 2.75) is 18.9 Å². The molecule has 11 heteroatoms. The first-order valence-corrected chi connectivity index (χ1v) is 13.7. The molecule has 35 heavy (non-hydrogen) atoms. The normalized spacial score (nSPS) is 12.2. The molecule has 0 bridgehead atoms. The lowest BCUT2D eigenvalue weighted by Gasteiger charge is -2.18. The van der Waals surface area contributed by atoms with E-state index in [1.54, 1.807) is 42.7 Å². The van der Waals surface area contributed by atoms with Crippen LogP contribution in [0.4, 0.5) is 5.69 Å². The van der Waals surface area contributed by atoms with Gasteiger partial charge in [0.1, 0.15) is 10.8 Å². The van der Waals surface area contributed by atoms with Gasteiger partial charge >= 0.3 is 10.3 Å². The van der Waals surface area contributed by atoms with Gasteiger partial charge in [-0.2, -0.15) is 8.42 Å². The van der Waals surface area contributed by atoms with E-state index in [4.69, 9.17) is 14.3 Å². The van der Waals surface area contributed by atoms with Crippen LogP contribution in [0.2, 0.25) is 0 Å². The number of nitrogens with zero attached hydrogens (tertiary/aromatic N) is 1. The maximum absolute atomic E-state index is 13.0. The van der Waals surface area contributed by atoms with E-state index >= 15 is 0 Å². The number of benzene rings is 2. The second-order valence-corrected chi connectivity index (χ2v) is 10.6. The number of carbonyl (C=O) groups is 1. The number of hydrogen-bond donors (Lipinski definition) is 3. The third-order valence-electron chi connectivity index (χ3n) is 5.09. The summed E-state index contributed by atoms with van der Waals surface area (Å²) in [5, 5.41) is 7.92. The number of carbonyl (C=O) groups excluding carboxylic acids is 1. The number of nitrogens with one attached hydrogen (secondary N) is 2. The van der Waals surface area contributed by atoms with Gasteiger partial charge in [0, 0.05) is 5.38 Å². The van der Waals surface area contributed by atoms with E-state index in [0.29, 0.717) is 12.2 Å². The summed E-state index contributed by atoms with van der Waals surface area (Å²) >= 11 is 3.12. The van der Waals surface area contributed by atoms with Crippen LogP contribution in [0.1, 0.15) is 22.9 Å². The number of aromatic nitrogens is 1. The molecule has 3 N–H and O–H groups in total. The number of rotatable bonds is 10. The quantitative estimate of drug-likeness (QED) is 0.256. The van der Waals surface area contributed by atoms with Crippen molar-refractivity contribution < 1.29 is 22.5 Å². The fourth-order valence-electron chi connectivity index (χ4n) is 3.50. The van der Waals surface area contributed by atoms with E-state index in [0.717, 1.165) is 26.7 Å². The van der Waals surface area contributed by atoms with E-state index in [2.05, 4.69) is 5.32 Å². The zero-order chi connectivity index (χ0) is 24.8. The molecule has 2 aromatic heterocycles. The fraction of sp³-hybridized carbons (Fsp3) is 0.167. The molecule has 1 unspecified atom stereocenters. The van der Waals surface area contributed by atoms with Crippen molar-refractivity contribution in [1.29, 1.82) is 0 Å². The smallest absolute Gasteiger partial charge is 0.357 e. The van der Waals surface area contributed by atoms with Crippen molar-refractivity contribution in [3.8, 4) is 15.6 Å². The van der Waals surface area contributed by atoms with Gasteiger partial charge in [0.2, 0.25) is 5.91 Å². The highest BCUT2D eigenvalue weighted by atomic mass is 32.2. The number of thiophene rings is 1. The second-order valence-electron chi connectivity index (χ2n) is 7.68. The first-order chi connectivity index (χ1) is 16.8. The van der Waals surface area contributed by atoms with Crippen LogP contribution < -0.4 is 14.8 Å². The molecule has 0 aliphatic heterocycles. The summed E-state index contributed by atoms with van der Waals surface area (Å²) in [7, 11) is -2.77. The van der Waals surface area contributed by atoms with E-state index in [1.807, 2.05) is 51.9 Å². The molecular weight excluding hydrogens is 506 g/mol. The SMILES string of the molecule is COc1cccc(CC(=O)NC(Cc2ccc(NS(=O)(=O)O)cc2)c2csc(-c3cccs3)n2)c1. The summed E-state index contributed by atoms with van der Waals surface area (Å²) in [4.78, 5) is 18.8. The Morgan fingerprint density at radius 3 is 2.57 bits per heavy atom. The lowest BCUT2D eigenvalue weighted by Crippen LogP contribution is -2.31. The zero-order valence-corrected chi connectivity index (χ0v) is 21.1. The van der Waals surface area contributed by atoms with E-state index < -0.39 is 16.3 Å². The Kier molecular flexibility index (Phi) is 7.81. The number of hydrogen-bond acceptors (Lipinski definition) is 7. The van der Waals surface area contributed by atoms with Crippen LogP contribution in [0, 0.1) is 0 Å². The van der Waals surface area contributed by atoms with Gasteiger partial charge in [-0.05, 0) is 53.3 Å². The van der Waals surface area contributed by atoms with Crippen LogP contribution in [-0.2, 0) is 27.9 Å². The Hall–Kier alpha value is -3.25. The Bertz CT molecular complexity index is 1380. The number of amides is 1.